The lowest BCUT2D eigenvalue weighted by molar-refractivity contribution is -0.199. The first-order chi connectivity index (χ1) is 17.7. The Morgan fingerprint density at radius 2 is 1.54 bits per heavy atom. The molecule has 0 aliphatic carbocycles. The highest BCUT2D eigenvalue weighted by atomic mass is 19.4. The molecule has 0 spiro atoms. The van der Waals surface area contributed by atoms with Gasteiger partial charge in [0.2, 0.25) is 0 Å². The summed E-state index contributed by atoms with van der Waals surface area (Å²) in [6, 6.07) is 17.2. The zero-order valence-corrected chi connectivity index (χ0v) is 19.9. The van der Waals surface area contributed by atoms with Crippen molar-refractivity contribution in [2.75, 3.05) is 33.2 Å². The number of nitrogens with zero attached hydrogens (tertiary/aromatic N) is 4. The van der Waals surface area contributed by atoms with Gasteiger partial charge in [-0.3, -0.25) is 9.78 Å². The van der Waals surface area contributed by atoms with E-state index in [4.69, 9.17) is 4.84 Å². The molecule has 0 atom stereocenters. The highest BCUT2D eigenvalue weighted by Gasteiger charge is 2.42. The summed E-state index contributed by atoms with van der Waals surface area (Å²) in [7, 11) is 2.03. The molecule has 7 nitrogen and oxygen atoms in total. The van der Waals surface area contributed by atoms with Gasteiger partial charge in [0.25, 0.3) is 5.91 Å². The number of piperazine rings is 1. The fourth-order valence-corrected chi connectivity index (χ4v) is 4.30. The van der Waals surface area contributed by atoms with Crippen LogP contribution in [-0.2, 0) is 4.79 Å². The molecule has 2 aromatic heterocycles. The number of pyridine rings is 1. The van der Waals surface area contributed by atoms with Gasteiger partial charge < -0.3 is 14.6 Å². The summed E-state index contributed by atoms with van der Waals surface area (Å²) in [5, 5.41) is 0.602. The average molecular weight is 509 g/mol. The average Bonchev–Trinajstić information content (AvgIpc) is 3.27. The lowest BCUT2D eigenvalue weighted by Crippen LogP contribution is -2.47. The van der Waals surface area contributed by atoms with Crippen LogP contribution in [0.5, 0.6) is 0 Å². The molecule has 1 aliphatic rings. The number of carbonyl (C=O) groups is 2. The first-order valence-corrected chi connectivity index (χ1v) is 11.6. The number of fused-ring (bicyclic) bond motifs is 1. The van der Waals surface area contributed by atoms with Crippen molar-refractivity contribution in [3.8, 4) is 22.4 Å². The molecule has 0 radical (unpaired) electrons. The Morgan fingerprint density at radius 3 is 2.24 bits per heavy atom. The highest BCUT2D eigenvalue weighted by Crippen LogP contribution is 2.31. The van der Waals surface area contributed by atoms with Crippen molar-refractivity contribution in [3.05, 3.63) is 78.6 Å². The van der Waals surface area contributed by atoms with Gasteiger partial charge >= 0.3 is 12.1 Å². The highest BCUT2D eigenvalue weighted by molar-refractivity contribution is 5.95. The third kappa shape index (κ3) is 5.05. The number of hydrogen-bond donors (Lipinski definition) is 0. The molecule has 1 aliphatic heterocycles. The van der Waals surface area contributed by atoms with Gasteiger partial charge in [0.05, 0.1) is 11.2 Å². The van der Waals surface area contributed by atoms with Crippen molar-refractivity contribution in [1.29, 1.82) is 0 Å². The van der Waals surface area contributed by atoms with Crippen LogP contribution in [0, 0.1) is 0 Å². The first kappa shape index (κ1) is 24.5. The van der Waals surface area contributed by atoms with E-state index in [1.807, 2.05) is 24.1 Å². The molecule has 190 valence electrons. The number of rotatable bonds is 4. The molecular weight excluding hydrogens is 485 g/mol. The van der Waals surface area contributed by atoms with E-state index in [-0.39, 0.29) is 11.6 Å². The van der Waals surface area contributed by atoms with E-state index in [2.05, 4.69) is 9.88 Å². The van der Waals surface area contributed by atoms with E-state index in [0.29, 0.717) is 40.7 Å². The van der Waals surface area contributed by atoms with E-state index in [1.54, 1.807) is 54.7 Å². The van der Waals surface area contributed by atoms with E-state index in [0.717, 1.165) is 23.4 Å². The van der Waals surface area contributed by atoms with E-state index in [9.17, 15) is 22.8 Å². The Morgan fingerprint density at radius 1 is 0.865 bits per heavy atom. The zero-order chi connectivity index (χ0) is 26.2. The van der Waals surface area contributed by atoms with Gasteiger partial charge in [0.15, 0.2) is 0 Å². The minimum Gasteiger partial charge on any atom is -0.336 e. The molecule has 2 aromatic carbocycles. The van der Waals surface area contributed by atoms with Crippen LogP contribution in [0.3, 0.4) is 0 Å². The second-order valence-electron chi connectivity index (χ2n) is 8.89. The predicted molar refractivity (Wildman–Crippen MR) is 132 cm³/mol. The minimum absolute atomic E-state index is 0.0254. The van der Waals surface area contributed by atoms with Gasteiger partial charge in [0, 0.05) is 60.6 Å². The number of amides is 1. The summed E-state index contributed by atoms with van der Waals surface area (Å²) in [5.41, 5.74) is 3.06. The fraction of sp³-hybridized carbons (Fsp3) is 0.222. The van der Waals surface area contributed by atoms with Crippen molar-refractivity contribution < 1.29 is 27.6 Å². The summed E-state index contributed by atoms with van der Waals surface area (Å²) in [5.74, 6) is -2.35. The Labute approximate surface area is 210 Å². The Kier molecular flexibility index (Phi) is 6.43. The molecule has 10 heteroatoms. The largest absolute Gasteiger partial charge is 0.493 e. The third-order valence-corrected chi connectivity index (χ3v) is 6.36. The van der Waals surface area contributed by atoms with Crippen molar-refractivity contribution in [3.63, 3.8) is 0 Å². The fourth-order valence-electron chi connectivity index (χ4n) is 4.30. The minimum atomic E-state index is -5.15. The van der Waals surface area contributed by atoms with Gasteiger partial charge in [-0.25, -0.2) is 4.79 Å². The maximum absolute atomic E-state index is 13.0. The van der Waals surface area contributed by atoms with Crippen LogP contribution in [-0.4, -0.2) is 70.8 Å². The van der Waals surface area contributed by atoms with Gasteiger partial charge in [-0.05, 0) is 42.9 Å². The van der Waals surface area contributed by atoms with E-state index >= 15 is 0 Å². The quantitative estimate of drug-likeness (QED) is 0.412. The lowest BCUT2D eigenvalue weighted by atomic mass is 10.0. The molecule has 4 aromatic rings. The second kappa shape index (κ2) is 9.70. The van der Waals surface area contributed by atoms with E-state index < -0.39 is 12.1 Å². The Hall–Kier alpha value is -4.18. The topological polar surface area (TPSA) is 67.7 Å². The van der Waals surface area contributed by atoms with Crippen molar-refractivity contribution in [1.82, 2.24) is 19.5 Å². The summed E-state index contributed by atoms with van der Waals surface area (Å²) < 4.78 is 39.7. The third-order valence-electron chi connectivity index (χ3n) is 6.36. The predicted octanol–water partition coefficient (Wildman–Crippen LogP) is 4.28. The SMILES string of the molecule is CN1CCN(C(=O)c2ccc(-c3cncc(-c4cc5ccccc5n4OC(=O)C(F)(F)F)c3)cc2)CC1. The lowest BCUT2D eigenvalue weighted by Gasteiger charge is -2.32. The number of carbonyl (C=O) groups excluding carboxylic acids is 2. The van der Waals surface area contributed by atoms with Crippen LogP contribution in [0.2, 0.25) is 0 Å². The standard InChI is InChI=1S/C27H23F3N4O3/c1-32-10-12-33(13-11-32)25(35)19-8-6-18(7-9-19)21-14-22(17-31-16-21)24-15-20-4-2-3-5-23(20)34(24)37-26(36)27(28,29)30/h2-9,14-17H,10-13H2,1H3. The number of para-hydroxylation sites is 1. The molecule has 0 unspecified atom stereocenters. The van der Waals surface area contributed by atoms with Crippen LogP contribution < -0.4 is 4.84 Å². The van der Waals surface area contributed by atoms with Gasteiger partial charge in [-0.1, -0.05) is 30.3 Å². The Balaban J connectivity index is 1.45. The Bertz CT molecular complexity index is 1460. The second-order valence-corrected chi connectivity index (χ2v) is 8.89. The summed E-state index contributed by atoms with van der Waals surface area (Å²) in [6.07, 6.45) is -2.04. The smallest absolute Gasteiger partial charge is 0.336 e. The molecule has 1 saturated heterocycles. The zero-order valence-electron chi connectivity index (χ0n) is 19.9. The molecule has 5 rings (SSSR count). The van der Waals surface area contributed by atoms with Crippen LogP contribution in [0.25, 0.3) is 33.3 Å². The number of likely N-dealkylation sites (N-methyl/N-ethyl adjacent to an activating group) is 1. The number of benzene rings is 2. The number of aromatic nitrogens is 2. The summed E-state index contributed by atoms with van der Waals surface area (Å²) in [6.45, 7) is 3.01. The molecule has 0 saturated carbocycles. The van der Waals surface area contributed by atoms with Crippen LogP contribution >= 0.6 is 0 Å². The molecule has 1 fully saturated rings. The van der Waals surface area contributed by atoms with Crippen LogP contribution in [0.1, 0.15) is 10.4 Å². The summed E-state index contributed by atoms with van der Waals surface area (Å²) in [4.78, 5) is 37.5. The van der Waals surface area contributed by atoms with Crippen LogP contribution in [0.15, 0.2) is 73.1 Å². The monoisotopic (exact) mass is 508 g/mol. The van der Waals surface area contributed by atoms with Crippen molar-refractivity contribution in [2.24, 2.45) is 0 Å². The number of halogens is 3. The number of alkyl halides is 3. The summed E-state index contributed by atoms with van der Waals surface area (Å²) >= 11 is 0. The maximum atomic E-state index is 13.0. The molecule has 1 amide bonds. The van der Waals surface area contributed by atoms with Gasteiger partial charge in [-0.2, -0.15) is 17.9 Å². The van der Waals surface area contributed by atoms with Gasteiger partial charge in [-0.15, -0.1) is 0 Å². The maximum Gasteiger partial charge on any atom is 0.493 e. The molecule has 0 N–H and O–H groups in total. The molecule has 37 heavy (non-hydrogen) atoms. The number of hydrogen-bond acceptors (Lipinski definition) is 5. The van der Waals surface area contributed by atoms with Crippen molar-refractivity contribution >= 4 is 22.8 Å². The normalized spacial score (nSPS) is 14.6. The van der Waals surface area contributed by atoms with Crippen molar-refractivity contribution in [2.45, 2.75) is 6.18 Å². The van der Waals surface area contributed by atoms with Crippen LogP contribution in [0.4, 0.5) is 13.2 Å². The molecule has 3 heterocycles. The molecular formula is C27H23F3N4O3. The first-order valence-electron chi connectivity index (χ1n) is 11.6. The molecule has 0 bridgehead atoms. The van der Waals surface area contributed by atoms with E-state index in [1.165, 1.54) is 6.20 Å². The van der Waals surface area contributed by atoms with Gasteiger partial charge in [0.1, 0.15) is 0 Å².